The SMILES string of the molecule is C=CCC(/C=C\CC(=O)N(C)Cc1ccccc1/C=C\C)Cc1ccccc1. The van der Waals surface area contributed by atoms with Gasteiger partial charge in [0.2, 0.25) is 5.91 Å². The number of hydrogen-bond acceptors (Lipinski definition) is 1. The van der Waals surface area contributed by atoms with E-state index in [4.69, 9.17) is 0 Å². The first kappa shape index (κ1) is 21.4. The highest BCUT2D eigenvalue weighted by atomic mass is 16.2. The summed E-state index contributed by atoms with van der Waals surface area (Å²) in [4.78, 5) is 14.3. The highest BCUT2D eigenvalue weighted by molar-refractivity contribution is 5.77. The van der Waals surface area contributed by atoms with Crippen molar-refractivity contribution in [3.8, 4) is 0 Å². The Labute approximate surface area is 169 Å². The molecule has 146 valence electrons. The van der Waals surface area contributed by atoms with Crippen LogP contribution in [0.4, 0.5) is 0 Å². The topological polar surface area (TPSA) is 20.3 Å². The Balaban J connectivity index is 1.92. The summed E-state index contributed by atoms with van der Waals surface area (Å²) in [5, 5.41) is 0. The smallest absolute Gasteiger partial charge is 0.226 e. The van der Waals surface area contributed by atoms with Crippen molar-refractivity contribution in [1.82, 2.24) is 4.90 Å². The van der Waals surface area contributed by atoms with Crippen LogP contribution < -0.4 is 0 Å². The van der Waals surface area contributed by atoms with Crippen LogP contribution in [0.25, 0.3) is 6.08 Å². The van der Waals surface area contributed by atoms with Gasteiger partial charge in [0, 0.05) is 20.0 Å². The first-order valence-electron chi connectivity index (χ1n) is 9.90. The third-order valence-corrected chi connectivity index (χ3v) is 4.75. The maximum Gasteiger partial charge on any atom is 0.226 e. The average Bonchev–Trinajstić information content (AvgIpc) is 2.70. The van der Waals surface area contributed by atoms with Crippen molar-refractivity contribution in [2.45, 2.75) is 32.7 Å². The first-order chi connectivity index (χ1) is 13.6. The Bertz CT molecular complexity index is 804. The Morgan fingerprint density at radius 2 is 1.82 bits per heavy atom. The Kier molecular flexibility index (Phi) is 9.00. The number of benzene rings is 2. The lowest BCUT2D eigenvalue weighted by Crippen LogP contribution is -2.25. The molecule has 0 N–H and O–H groups in total. The van der Waals surface area contributed by atoms with Gasteiger partial charge in [-0.1, -0.05) is 85.0 Å². The maximum absolute atomic E-state index is 12.6. The van der Waals surface area contributed by atoms with Crippen molar-refractivity contribution >= 4 is 12.0 Å². The fourth-order valence-electron chi connectivity index (χ4n) is 3.24. The number of carbonyl (C=O) groups excluding carboxylic acids is 1. The molecule has 0 saturated heterocycles. The van der Waals surface area contributed by atoms with Gasteiger partial charge >= 0.3 is 0 Å². The molecule has 1 unspecified atom stereocenters. The van der Waals surface area contributed by atoms with E-state index in [1.165, 1.54) is 5.56 Å². The molecule has 0 spiro atoms. The average molecular weight is 374 g/mol. The van der Waals surface area contributed by atoms with Crippen molar-refractivity contribution < 1.29 is 4.79 Å². The van der Waals surface area contributed by atoms with E-state index in [1.54, 1.807) is 4.90 Å². The molecule has 0 aliphatic carbocycles. The zero-order chi connectivity index (χ0) is 20.2. The Morgan fingerprint density at radius 1 is 1.11 bits per heavy atom. The van der Waals surface area contributed by atoms with Gasteiger partial charge < -0.3 is 4.90 Å². The van der Waals surface area contributed by atoms with Crippen LogP contribution in [-0.4, -0.2) is 17.9 Å². The van der Waals surface area contributed by atoms with Crippen LogP contribution in [0.5, 0.6) is 0 Å². The maximum atomic E-state index is 12.6. The van der Waals surface area contributed by atoms with Gasteiger partial charge in [-0.05, 0) is 42.4 Å². The molecule has 2 heteroatoms. The molecule has 0 aliphatic heterocycles. The standard InChI is InChI=1S/C26H31NO/c1-4-12-22(20-23-14-7-6-8-15-23)16-11-19-26(28)27(3)21-25-18-10-9-17-24(25)13-5-2/h4-11,13-18,22H,1,12,19-21H2,2-3H3/b13-5-,16-11-. The molecule has 2 aromatic rings. The second-order valence-electron chi connectivity index (χ2n) is 7.06. The van der Waals surface area contributed by atoms with Crippen molar-refractivity contribution in [3.05, 3.63) is 102 Å². The van der Waals surface area contributed by atoms with E-state index < -0.39 is 0 Å². The molecule has 2 aromatic carbocycles. The quantitative estimate of drug-likeness (QED) is 0.464. The normalized spacial score (nSPS) is 12.4. The third-order valence-electron chi connectivity index (χ3n) is 4.75. The summed E-state index contributed by atoms with van der Waals surface area (Å²) in [7, 11) is 1.87. The highest BCUT2D eigenvalue weighted by Gasteiger charge is 2.10. The molecule has 0 saturated carbocycles. The Hall–Kier alpha value is -2.87. The zero-order valence-corrected chi connectivity index (χ0v) is 17.1. The fraction of sp³-hybridized carbons (Fsp3) is 0.269. The van der Waals surface area contributed by atoms with Gasteiger partial charge in [0.15, 0.2) is 0 Å². The van der Waals surface area contributed by atoms with Crippen molar-refractivity contribution in [2.24, 2.45) is 5.92 Å². The predicted molar refractivity (Wildman–Crippen MR) is 120 cm³/mol. The molecule has 0 fully saturated rings. The molecule has 2 rings (SSSR count). The lowest BCUT2D eigenvalue weighted by molar-refractivity contribution is -0.129. The molecule has 0 aliphatic rings. The van der Waals surface area contributed by atoms with Gasteiger partial charge in [-0.25, -0.2) is 0 Å². The van der Waals surface area contributed by atoms with Crippen LogP contribution in [0.1, 0.15) is 36.5 Å². The number of nitrogens with zero attached hydrogens (tertiary/aromatic N) is 1. The second kappa shape index (κ2) is 11.8. The summed E-state index contributed by atoms with van der Waals surface area (Å²) >= 11 is 0. The minimum atomic E-state index is 0.128. The molecule has 2 nitrogen and oxygen atoms in total. The van der Waals surface area contributed by atoms with Crippen LogP contribution >= 0.6 is 0 Å². The van der Waals surface area contributed by atoms with Gasteiger partial charge in [0.1, 0.15) is 0 Å². The number of amides is 1. The van der Waals surface area contributed by atoms with Gasteiger partial charge in [0.25, 0.3) is 0 Å². The minimum Gasteiger partial charge on any atom is -0.341 e. The van der Waals surface area contributed by atoms with Crippen LogP contribution in [0.2, 0.25) is 0 Å². The monoisotopic (exact) mass is 373 g/mol. The molecule has 0 bridgehead atoms. The zero-order valence-electron chi connectivity index (χ0n) is 17.1. The number of allylic oxidation sites excluding steroid dienone is 3. The lowest BCUT2D eigenvalue weighted by Gasteiger charge is -2.18. The summed E-state index contributed by atoms with van der Waals surface area (Å²) in [6.45, 7) is 6.49. The number of rotatable bonds is 10. The van der Waals surface area contributed by atoms with E-state index in [1.807, 2.05) is 50.4 Å². The van der Waals surface area contributed by atoms with Gasteiger partial charge in [-0.2, -0.15) is 0 Å². The fourth-order valence-corrected chi connectivity index (χ4v) is 3.24. The van der Waals surface area contributed by atoms with E-state index in [2.05, 4.69) is 55.1 Å². The van der Waals surface area contributed by atoms with Crippen LogP contribution in [0.3, 0.4) is 0 Å². The van der Waals surface area contributed by atoms with Crippen LogP contribution in [0, 0.1) is 5.92 Å². The summed E-state index contributed by atoms with van der Waals surface area (Å²) in [5.41, 5.74) is 3.63. The van der Waals surface area contributed by atoms with E-state index in [0.717, 1.165) is 24.0 Å². The number of hydrogen-bond donors (Lipinski definition) is 0. The summed E-state index contributed by atoms with van der Waals surface area (Å²) in [5.74, 6) is 0.497. The van der Waals surface area contributed by atoms with Crippen molar-refractivity contribution in [1.29, 1.82) is 0 Å². The van der Waals surface area contributed by atoms with E-state index in [9.17, 15) is 4.79 Å². The van der Waals surface area contributed by atoms with E-state index >= 15 is 0 Å². The Morgan fingerprint density at radius 3 is 2.54 bits per heavy atom. The van der Waals surface area contributed by atoms with Crippen molar-refractivity contribution in [3.63, 3.8) is 0 Å². The van der Waals surface area contributed by atoms with Gasteiger partial charge in [-0.3, -0.25) is 4.79 Å². The molecular weight excluding hydrogens is 342 g/mol. The summed E-state index contributed by atoms with van der Waals surface area (Å²) in [6.07, 6.45) is 12.5. The highest BCUT2D eigenvalue weighted by Crippen LogP contribution is 2.16. The van der Waals surface area contributed by atoms with E-state index in [-0.39, 0.29) is 5.91 Å². The summed E-state index contributed by atoms with van der Waals surface area (Å²) < 4.78 is 0. The molecule has 0 aromatic heterocycles. The first-order valence-corrected chi connectivity index (χ1v) is 9.90. The van der Waals surface area contributed by atoms with E-state index in [0.29, 0.717) is 18.9 Å². The van der Waals surface area contributed by atoms with Crippen LogP contribution in [-0.2, 0) is 17.8 Å². The second-order valence-corrected chi connectivity index (χ2v) is 7.06. The lowest BCUT2D eigenvalue weighted by atomic mass is 9.95. The molecule has 1 atom stereocenters. The largest absolute Gasteiger partial charge is 0.341 e. The molecule has 1 amide bonds. The molecular formula is C26H31NO. The summed E-state index contributed by atoms with van der Waals surface area (Å²) in [6, 6.07) is 18.6. The van der Waals surface area contributed by atoms with Crippen LogP contribution in [0.15, 0.2) is 85.5 Å². The minimum absolute atomic E-state index is 0.128. The van der Waals surface area contributed by atoms with Crippen molar-refractivity contribution in [2.75, 3.05) is 7.05 Å². The molecule has 0 heterocycles. The number of carbonyl (C=O) groups is 1. The third kappa shape index (κ3) is 7.03. The van der Waals surface area contributed by atoms with Gasteiger partial charge in [0.05, 0.1) is 0 Å². The molecule has 0 radical (unpaired) electrons. The molecule has 28 heavy (non-hydrogen) atoms. The predicted octanol–water partition coefficient (Wildman–Crippen LogP) is 6.06. The van der Waals surface area contributed by atoms with Gasteiger partial charge in [-0.15, -0.1) is 6.58 Å².